The molecule has 0 amide bonds. The zero-order valence-corrected chi connectivity index (χ0v) is 48.7. The zero-order chi connectivity index (χ0) is 54.8. The second kappa shape index (κ2) is 64.5. The van der Waals surface area contributed by atoms with Gasteiger partial charge in [0.15, 0.2) is 6.10 Å². The topological polar surface area (TPSA) is 72.8 Å². The van der Waals surface area contributed by atoms with Gasteiger partial charge in [-0.1, -0.05) is 267 Å². The van der Waals surface area contributed by atoms with Gasteiger partial charge >= 0.3 is 11.9 Å². The second-order valence-corrected chi connectivity index (χ2v) is 19.7. The van der Waals surface area contributed by atoms with E-state index < -0.39 is 6.10 Å². The standard InChI is InChI=1S/C71H112O5/c1-3-5-7-9-11-13-15-17-19-21-23-25-26-27-28-29-30-31-32-33-34-35-36-37-38-39-40-41-42-43-44-46-48-50-52-54-56-58-60-62-64-66-71(74)76-69(67-72)68-75-70(73)65-63-61-59-57-55-53-51-49-47-45-24-22-20-18-16-14-12-10-8-6-4-2/h5,7,11,13,16-19,22-25,27-28,30-31,33-34,36-37,39-40,42-43,46-49,69,72H,3-4,6,8-10,12,14-15,20-21,26,29,32,35,38,41,44-45,50-68H2,1-2H3/b7-5-,13-11-,18-16-,19-17-,24-22-,25-23-,28-27-,31-30-,34-33-,37-36-,40-39-,43-42-,48-46-,49-47-. The highest BCUT2D eigenvalue weighted by Gasteiger charge is 2.16. The zero-order valence-electron chi connectivity index (χ0n) is 48.7. The summed E-state index contributed by atoms with van der Waals surface area (Å²) < 4.78 is 10.7. The van der Waals surface area contributed by atoms with Gasteiger partial charge in [-0.15, -0.1) is 0 Å². The maximum Gasteiger partial charge on any atom is 0.306 e. The van der Waals surface area contributed by atoms with Gasteiger partial charge in [-0.3, -0.25) is 9.59 Å². The molecule has 0 aromatic heterocycles. The molecule has 0 fully saturated rings. The first kappa shape index (κ1) is 71.3. The minimum Gasteiger partial charge on any atom is -0.462 e. The van der Waals surface area contributed by atoms with Crippen LogP contribution in [0.25, 0.3) is 0 Å². The molecule has 0 aromatic carbocycles. The summed E-state index contributed by atoms with van der Waals surface area (Å²) in [7, 11) is 0. The van der Waals surface area contributed by atoms with Gasteiger partial charge in [0, 0.05) is 12.8 Å². The van der Waals surface area contributed by atoms with Gasteiger partial charge in [-0.25, -0.2) is 0 Å². The van der Waals surface area contributed by atoms with Crippen LogP contribution in [0.1, 0.15) is 245 Å². The molecule has 1 N–H and O–H groups in total. The quantitative estimate of drug-likeness (QED) is 0.0373. The molecule has 0 radical (unpaired) electrons. The van der Waals surface area contributed by atoms with Crippen LogP contribution in [0, 0.1) is 0 Å². The van der Waals surface area contributed by atoms with E-state index >= 15 is 0 Å². The number of aliphatic hydroxyl groups excluding tert-OH is 1. The average Bonchev–Trinajstić information content (AvgIpc) is 3.42. The van der Waals surface area contributed by atoms with Crippen molar-refractivity contribution in [3.8, 4) is 0 Å². The number of unbranched alkanes of at least 4 members (excludes halogenated alkanes) is 18. The molecule has 5 nitrogen and oxygen atoms in total. The fourth-order valence-electron chi connectivity index (χ4n) is 7.92. The van der Waals surface area contributed by atoms with E-state index in [9.17, 15) is 14.7 Å². The van der Waals surface area contributed by atoms with Gasteiger partial charge in [-0.05, 0) is 135 Å². The lowest BCUT2D eigenvalue weighted by Gasteiger charge is -2.15. The van der Waals surface area contributed by atoms with E-state index in [0.29, 0.717) is 12.8 Å². The molecule has 0 saturated carbocycles. The third kappa shape index (κ3) is 61.8. The highest BCUT2D eigenvalue weighted by Crippen LogP contribution is 2.13. The number of esters is 2. The normalized spacial score (nSPS) is 13.5. The fraction of sp³-hybridized carbons (Fsp3) is 0.577. The summed E-state index contributed by atoms with van der Waals surface area (Å²) in [5.74, 6) is -0.628. The Balaban J connectivity index is 3.65. The summed E-state index contributed by atoms with van der Waals surface area (Å²) in [6.45, 7) is 3.99. The van der Waals surface area contributed by atoms with Crippen molar-refractivity contribution in [3.63, 3.8) is 0 Å². The molecule has 0 aliphatic carbocycles. The number of allylic oxidation sites excluding steroid dienone is 28. The third-order valence-corrected chi connectivity index (χ3v) is 12.5. The van der Waals surface area contributed by atoms with Crippen molar-refractivity contribution in [2.45, 2.75) is 251 Å². The number of carbonyl (C=O) groups is 2. The predicted molar refractivity (Wildman–Crippen MR) is 333 cm³/mol. The van der Waals surface area contributed by atoms with Crippen molar-refractivity contribution in [1.82, 2.24) is 0 Å². The van der Waals surface area contributed by atoms with Crippen molar-refractivity contribution < 1.29 is 24.2 Å². The van der Waals surface area contributed by atoms with Crippen LogP contribution in [0.2, 0.25) is 0 Å². The first-order valence-corrected chi connectivity index (χ1v) is 30.7. The molecule has 1 atom stereocenters. The molecule has 0 bridgehead atoms. The van der Waals surface area contributed by atoms with E-state index in [1.807, 2.05) is 0 Å². The number of carbonyl (C=O) groups excluding carboxylic acids is 2. The molecule has 426 valence electrons. The summed E-state index contributed by atoms with van der Waals surface area (Å²) in [4.78, 5) is 24.5. The van der Waals surface area contributed by atoms with Crippen molar-refractivity contribution >= 4 is 11.9 Å². The van der Waals surface area contributed by atoms with Crippen LogP contribution in [0.15, 0.2) is 170 Å². The number of hydrogen-bond acceptors (Lipinski definition) is 5. The Morgan fingerprint density at radius 3 is 0.855 bits per heavy atom. The lowest BCUT2D eigenvalue weighted by atomic mass is 10.1. The van der Waals surface area contributed by atoms with E-state index in [0.717, 1.165) is 135 Å². The molecule has 0 heterocycles. The smallest absolute Gasteiger partial charge is 0.306 e. The molecule has 0 rings (SSSR count). The molecule has 0 saturated heterocycles. The van der Waals surface area contributed by atoms with Crippen LogP contribution in [0.5, 0.6) is 0 Å². The number of ether oxygens (including phenoxy) is 2. The van der Waals surface area contributed by atoms with Crippen molar-refractivity contribution in [3.05, 3.63) is 170 Å². The van der Waals surface area contributed by atoms with Gasteiger partial charge in [0.05, 0.1) is 6.61 Å². The summed E-state index contributed by atoms with van der Waals surface area (Å²) in [5.41, 5.74) is 0. The van der Waals surface area contributed by atoms with Crippen LogP contribution in [0.4, 0.5) is 0 Å². The largest absolute Gasteiger partial charge is 0.462 e. The summed E-state index contributed by atoms with van der Waals surface area (Å²) in [5, 5.41) is 9.66. The average molecular weight is 1050 g/mol. The van der Waals surface area contributed by atoms with E-state index in [1.54, 1.807) is 0 Å². The van der Waals surface area contributed by atoms with E-state index in [1.165, 1.54) is 83.5 Å². The van der Waals surface area contributed by atoms with E-state index in [-0.39, 0.29) is 25.2 Å². The molecule has 0 aliphatic heterocycles. The number of hydrogen-bond donors (Lipinski definition) is 1. The minimum atomic E-state index is -0.797. The van der Waals surface area contributed by atoms with Crippen LogP contribution in [-0.4, -0.2) is 36.4 Å². The molecular weight excluding hydrogens is 933 g/mol. The van der Waals surface area contributed by atoms with Crippen LogP contribution in [-0.2, 0) is 19.1 Å². The first-order valence-electron chi connectivity index (χ1n) is 30.7. The first-order chi connectivity index (χ1) is 37.6. The van der Waals surface area contributed by atoms with Crippen LogP contribution in [0.3, 0.4) is 0 Å². The Hall–Kier alpha value is -4.74. The van der Waals surface area contributed by atoms with Crippen molar-refractivity contribution in [1.29, 1.82) is 0 Å². The van der Waals surface area contributed by atoms with Crippen LogP contribution < -0.4 is 0 Å². The molecular formula is C71H112O5. The van der Waals surface area contributed by atoms with Crippen molar-refractivity contribution in [2.75, 3.05) is 13.2 Å². The van der Waals surface area contributed by atoms with Gasteiger partial charge in [0.1, 0.15) is 6.61 Å². The second-order valence-electron chi connectivity index (χ2n) is 19.7. The Labute approximate surface area is 468 Å². The summed E-state index contributed by atoms with van der Waals surface area (Å²) >= 11 is 0. The Kier molecular flexibility index (Phi) is 60.5. The predicted octanol–water partition coefficient (Wildman–Crippen LogP) is 21.3. The van der Waals surface area contributed by atoms with E-state index in [2.05, 4.69) is 184 Å². The minimum absolute atomic E-state index is 0.0873. The van der Waals surface area contributed by atoms with Gasteiger partial charge in [0.25, 0.3) is 0 Å². The fourth-order valence-corrected chi connectivity index (χ4v) is 7.92. The summed E-state index contributed by atoms with van der Waals surface area (Å²) in [6.07, 6.45) is 100. The highest BCUT2D eigenvalue weighted by atomic mass is 16.6. The van der Waals surface area contributed by atoms with Crippen LogP contribution >= 0.6 is 0 Å². The maximum absolute atomic E-state index is 12.3. The lowest BCUT2D eigenvalue weighted by molar-refractivity contribution is -0.161. The monoisotopic (exact) mass is 1040 g/mol. The van der Waals surface area contributed by atoms with Gasteiger partial charge in [-0.2, -0.15) is 0 Å². The van der Waals surface area contributed by atoms with Crippen molar-refractivity contribution in [2.24, 2.45) is 0 Å². The molecule has 1 unspecified atom stereocenters. The molecule has 0 aromatic rings. The molecule has 0 aliphatic rings. The molecule has 76 heavy (non-hydrogen) atoms. The third-order valence-electron chi connectivity index (χ3n) is 12.5. The Bertz CT molecular complexity index is 1700. The van der Waals surface area contributed by atoms with Gasteiger partial charge < -0.3 is 14.6 Å². The SMILES string of the molecule is CC/C=C\C/C=C\C/C=C\C/C=C\C/C=C\C/C=C\C/C=C\C/C=C\C/C=C\C/C=C\C/C=C\CCCCCCCCCC(=O)OC(CO)COC(=O)CCCCCCCC/C=C\C/C=C\C/C=C\CCCCCCC. The van der Waals surface area contributed by atoms with E-state index in [4.69, 9.17) is 9.47 Å². The van der Waals surface area contributed by atoms with Gasteiger partial charge in [0.2, 0.25) is 0 Å². The molecule has 0 spiro atoms. The Morgan fingerprint density at radius 2 is 0.566 bits per heavy atom. The number of aliphatic hydroxyl groups is 1. The Morgan fingerprint density at radius 1 is 0.316 bits per heavy atom. The number of rotatable bonds is 54. The lowest BCUT2D eigenvalue weighted by Crippen LogP contribution is -2.28. The molecule has 5 heteroatoms. The maximum atomic E-state index is 12.3. The summed E-state index contributed by atoms with van der Waals surface area (Å²) in [6, 6.07) is 0. The highest BCUT2D eigenvalue weighted by molar-refractivity contribution is 5.70.